The predicted octanol–water partition coefficient (Wildman–Crippen LogP) is 2.82. The van der Waals surface area contributed by atoms with Gasteiger partial charge in [-0.2, -0.15) is 0 Å². The number of aromatic nitrogens is 3. The van der Waals surface area contributed by atoms with Crippen LogP contribution in [0.15, 0.2) is 42.7 Å². The Morgan fingerprint density at radius 3 is 2.86 bits per heavy atom. The first-order valence-corrected chi connectivity index (χ1v) is 10.2. The van der Waals surface area contributed by atoms with Crippen LogP contribution in [-0.4, -0.2) is 52.3 Å². The van der Waals surface area contributed by atoms with Gasteiger partial charge in [-0.1, -0.05) is 18.2 Å². The molecule has 0 amide bonds. The maximum Gasteiger partial charge on any atom is 0.153 e. The molecule has 7 nitrogen and oxygen atoms in total. The number of pyridine rings is 1. The Bertz CT molecular complexity index is 955. The number of nitrogens with one attached hydrogen (secondary N) is 1. The number of ether oxygens (including phenoxy) is 1. The summed E-state index contributed by atoms with van der Waals surface area (Å²) in [5.41, 5.74) is 10.6. The molecule has 3 N–H and O–H groups in total. The molecule has 1 aliphatic heterocycles. The lowest BCUT2D eigenvalue weighted by atomic mass is 10.0. The number of nitrogen functional groups attached to an aromatic ring is 1. The summed E-state index contributed by atoms with van der Waals surface area (Å²) >= 11 is 0. The summed E-state index contributed by atoms with van der Waals surface area (Å²) in [6, 6.07) is 13.0. The van der Waals surface area contributed by atoms with Crippen LogP contribution in [0, 0.1) is 0 Å². The maximum atomic E-state index is 5.97. The van der Waals surface area contributed by atoms with Crippen LogP contribution in [0.2, 0.25) is 0 Å². The summed E-state index contributed by atoms with van der Waals surface area (Å²) in [6.45, 7) is 6.59. The van der Waals surface area contributed by atoms with Crippen molar-refractivity contribution in [3.8, 4) is 11.3 Å². The second-order valence-electron chi connectivity index (χ2n) is 7.42. The van der Waals surface area contributed by atoms with E-state index in [1.54, 1.807) is 0 Å². The number of hydrogen-bond donors (Lipinski definition) is 2. The number of nitrogens with zero attached hydrogens (tertiary/aromatic N) is 4. The number of likely N-dealkylation sites (tertiary alicyclic amines) is 1. The van der Waals surface area contributed by atoms with Crippen LogP contribution in [0.25, 0.3) is 22.3 Å². The van der Waals surface area contributed by atoms with Crippen LogP contribution in [0.3, 0.4) is 0 Å². The normalized spacial score (nSPS) is 15.8. The SMILES string of the molecule is CCOCN1CCC(NCc2cccc(-c3ccc4ncnc(N)c4n3)c2)CC1. The van der Waals surface area contributed by atoms with Gasteiger partial charge in [0.25, 0.3) is 0 Å². The van der Waals surface area contributed by atoms with Gasteiger partial charge in [0.05, 0.1) is 17.9 Å². The quantitative estimate of drug-likeness (QED) is 0.639. The fraction of sp³-hybridized carbons (Fsp3) is 0.409. The Morgan fingerprint density at radius 1 is 1.17 bits per heavy atom. The van der Waals surface area contributed by atoms with Crippen molar-refractivity contribution in [2.75, 3.05) is 32.2 Å². The van der Waals surface area contributed by atoms with Gasteiger partial charge < -0.3 is 15.8 Å². The average Bonchev–Trinajstić information content (AvgIpc) is 2.77. The van der Waals surface area contributed by atoms with E-state index in [1.807, 2.05) is 19.1 Å². The molecule has 0 saturated carbocycles. The van der Waals surface area contributed by atoms with Crippen LogP contribution in [0.4, 0.5) is 5.82 Å². The smallest absolute Gasteiger partial charge is 0.153 e. The molecule has 7 heteroatoms. The predicted molar refractivity (Wildman–Crippen MR) is 115 cm³/mol. The third kappa shape index (κ3) is 4.87. The van der Waals surface area contributed by atoms with E-state index in [4.69, 9.17) is 10.5 Å². The van der Waals surface area contributed by atoms with E-state index in [9.17, 15) is 0 Å². The Kier molecular flexibility index (Phi) is 6.29. The average molecular weight is 393 g/mol. The molecular formula is C22H28N6O. The van der Waals surface area contributed by atoms with Crippen LogP contribution in [0.1, 0.15) is 25.3 Å². The molecule has 1 fully saturated rings. The monoisotopic (exact) mass is 392 g/mol. The van der Waals surface area contributed by atoms with Crippen molar-refractivity contribution in [1.29, 1.82) is 0 Å². The van der Waals surface area contributed by atoms with Crippen molar-refractivity contribution >= 4 is 16.9 Å². The highest BCUT2D eigenvalue weighted by Crippen LogP contribution is 2.23. The number of fused-ring (bicyclic) bond motifs is 1. The molecule has 0 aliphatic carbocycles. The molecule has 1 aliphatic rings. The summed E-state index contributed by atoms with van der Waals surface area (Å²) in [5.74, 6) is 0.408. The molecule has 0 spiro atoms. The van der Waals surface area contributed by atoms with Crippen molar-refractivity contribution in [2.45, 2.75) is 32.4 Å². The van der Waals surface area contributed by atoms with E-state index in [2.05, 4.69) is 49.4 Å². The fourth-order valence-electron chi connectivity index (χ4n) is 3.71. The molecule has 0 bridgehead atoms. The van der Waals surface area contributed by atoms with E-state index < -0.39 is 0 Å². The molecule has 3 heterocycles. The molecule has 3 aromatic rings. The number of anilines is 1. The molecular weight excluding hydrogens is 364 g/mol. The Labute approximate surface area is 171 Å². The van der Waals surface area contributed by atoms with Gasteiger partial charge in [0, 0.05) is 37.8 Å². The van der Waals surface area contributed by atoms with Crippen molar-refractivity contribution in [1.82, 2.24) is 25.2 Å². The molecule has 0 unspecified atom stereocenters. The van der Waals surface area contributed by atoms with Crippen LogP contribution < -0.4 is 11.1 Å². The third-order valence-electron chi connectivity index (χ3n) is 5.39. The van der Waals surface area contributed by atoms with Gasteiger partial charge in [0.15, 0.2) is 5.82 Å². The Morgan fingerprint density at radius 2 is 2.03 bits per heavy atom. The van der Waals surface area contributed by atoms with Crippen molar-refractivity contribution in [2.24, 2.45) is 0 Å². The van der Waals surface area contributed by atoms with E-state index in [1.165, 1.54) is 11.9 Å². The van der Waals surface area contributed by atoms with Gasteiger partial charge in [0.2, 0.25) is 0 Å². The fourth-order valence-corrected chi connectivity index (χ4v) is 3.71. The zero-order valence-corrected chi connectivity index (χ0v) is 16.8. The van der Waals surface area contributed by atoms with Gasteiger partial charge in [-0.05, 0) is 43.5 Å². The van der Waals surface area contributed by atoms with Crippen molar-refractivity contribution < 1.29 is 4.74 Å². The minimum atomic E-state index is 0.408. The first kappa shape index (κ1) is 19.7. The third-order valence-corrected chi connectivity index (χ3v) is 5.39. The van der Waals surface area contributed by atoms with Crippen molar-refractivity contribution in [3.63, 3.8) is 0 Å². The lowest BCUT2D eigenvalue weighted by molar-refractivity contribution is 0.0203. The topological polar surface area (TPSA) is 89.2 Å². The molecule has 1 aromatic carbocycles. The first-order valence-electron chi connectivity index (χ1n) is 10.2. The first-order chi connectivity index (χ1) is 14.2. The molecule has 152 valence electrons. The van der Waals surface area contributed by atoms with Gasteiger partial charge >= 0.3 is 0 Å². The number of benzene rings is 1. The lowest BCUT2D eigenvalue weighted by Crippen LogP contribution is -2.42. The number of nitrogens with two attached hydrogens (primary N) is 1. The molecule has 4 rings (SSSR count). The Hall–Kier alpha value is -2.61. The minimum absolute atomic E-state index is 0.408. The largest absolute Gasteiger partial charge is 0.382 e. The second-order valence-corrected chi connectivity index (χ2v) is 7.42. The highest BCUT2D eigenvalue weighted by atomic mass is 16.5. The summed E-state index contributed by atoms with van der Waals surface area (Å²) in [7, 11) is 0. The molecule has 1 saturated heterocycles. The number of rotatable bonds is 7. The Balaban J connectivity index is 1.39. The molecule has 29 heavy (non-hydrogen) atoms. The summed E-state index contributed by atoms with van der Waals surface area (Å²) in [5, 5.41) is 3.70. The van der Waals surface area contributed by atoms with E-state index >= 15 is 0 Å². The standard InChI is InChI=1S/C22H28N6O/c1-2-29-15-28-10-8-18(9-11-28)24-13-16-4-3-5-17(12-16)19-6-7-20-21(27-19)22(23)26-14-25-20/h3-7,12,14,18,24H,2,8-11,13,15H2,1H3,(H2,23,25,26). The maximum absolute atomic E-state index is 5.97. The summed E-state index contributed by atoms with van der Waals surface area (Å²) in [4.78, 5) is 15.3. The van der Waals surface area contributed by atoms with Gasteiger partial charge in [-0.3, -0.25) is 4.90 Å². The number of piperidine rings is 1. The second kappa shape index (κ2) is 9.26. The highest BCUT2D eigenvalue weighted by Gasteiger charge is 2.18. The van der Waals surface area contributed by atoms with Crippen LogP contribution >= 0.6 is 0 Å². The molecule has 0 radical (unpaired) electrons. The van der Waals surface area contributed by atoms with E-state index in [-0.39, 0.29) is 0 Å². The zero-order valence-electron chi connectivity index (χ0n) is 16.8. The van der Waals surface area contributed by atoms with Gasteiger partial charge in [-0.25, -0.2) is 15.0 Å². The van der Waals surface area contributed by atoms with Gasteiger partial charge in [0.1, 0.15) is 11.8 Å². The molecule has 2 aromatic heterocycles. The summed E-state index contributed by atoms with van der Waals surface area (Å²) in [6.07, 6.45) is 3.77. The van der Waals surface area contributed by atoms with E-state index in [0.717, 1.165) is 62.6 Å². The molecule has 0 atom stereocenters. The van der Waals surface area contributed by atoms with E-state index in [0.29, 0.717) is 17.4 Å². The lowest BCUT2D eigenvalue weighted by Gasteiger charge is -2.32. The van der Waals surface area contributed by atoms with Crippen LogP contribution in [-0.2, 0) is 11.3 Å². The number of hydrogen-bond acceptors (Lipinski definition) is 7. The summed E-state index contributed by atoms with van der Waals surface area (Å²) < 4.78 is 5.51. The highest BCUT2D eigenvalue weighted by molar-refractivity contribution is 5.85. The zero-order chi connectivity index (χ0) is 20.1. The minimum Gasteiger partial charge on any atom is -0.382 e. The van der Waals surface area contributed by atoms with Crippen molar-refractivity contribution in [3.05, 3.63) is 48.3 Å². The van der Waals surface area contributed by atoms with Gasteiger partial charge in [-0.15, -0.1) is 0 Å². The van der Waals surface area contributed by atoms with Crippen LogP contribution in [0.5, 0.6) is 0 Å².